The topological polar surface area (TPSA) is 25.8 Å². The molecule has 0 amide bonds. The maximum absolute atomic E-state index is 4.13. The molecule has 0 aliphatic rings. The molecule has 0 unspecified atom stereocenters. The Hall–Kier alpha value is -0.740. The second-order valence-electron chi connectivity index (χ2n) is 1.67. The van der Waals surface area contributed by atoms with Gasteiger partial charge >= 0.3 is 0 Å². The summed E-state index contributed by atoms with van der Waals surface area (Å²) in [6.07, 6.45) is 3.59. The Morgan fingerprint density at radius 2 is 1.40 bits per heavy atom. The minimum Gasteiger partial charge on any atom is -0.242 e. The second kappa shape index (κ2) is 2.48. The van der Waals surface area contributed by atoms with Crippen molar-refractivity contribution in [2.24, 2.45) is 0 Å². The third kappa shape index (κ3) is 0.955. The van der Waals surface area contributed by atoms with Crippen LogP contribution in [-0.4, -0.2) is 9.97 Å². The molecular formula is C6H4N2S2. The fraction of sp³-hybridized carbons (Fsp3) is 0. The largest absolute Gasteiger partial charge is 0.242 e. The maximum Gasteiger partial charge on any atom is 0.152 e. The SMILES string of the molecule is c1csc(-c2nccs2)n1. The van der Waals surface area contributed by atoms with Crippen LogP contribution in [0.4, 0.5) is 0 Å². The van der Waals surface area contributed by atoms with Gasteiger partial charge in [0.15, 0.2) is 10.0 Å². The van der Waals surface area contributed by atoms with Gasteiger partial charge in [-0.2, -0.15) is 0 Å². The lowest BCUT2D eigenvalue weighted by Gasteiger charge is -1.81. The quantitative estimate of drug-likeness (QED) is 0.652. The minimum absolute atomic E-state index is 1.01. The summed E-state index contributed by atoms with van der Waals surface area (Å²) in [6, 6.07) is 0. The average molecular weight is 168 g/mol. The van der Waals surface area contributed by atoms with Crippen molar-refractivity contribution in [3.63, 3.8) is 0 Å². The van der Waals surface area contributed by atoms with Crippen LogP contribution in [0.3, 0.4) is 0 Å². The molecule has 0 aliphatic carbocycles. The van der Waals surface area contributed by atoms with Gasteiger partial charge in [0.05, 0.1) is 0 Å². The fourth-order valence-electron chi connectivity index (χ4n) is 0.658. The number of nitrogens with zero attached hydrogens (tertiary/aromatic N) is 2. The van der Waals surface area contributed by atoms with E-state index in [2.05, 4.69) is 9.97 Å². The predicted molar refractivity (Wildman–Crippen MR) is 43.2 cm³/mol. The first-order chi connectivity index (χ1) is 4.97. The van der Waals surface area contributed by atoms with Crippen LogP contribution in [0.5, 0.6) is 0 Å². The Morgan fingerprint density at radius 3 is 1.70 bits per heavy atom. The zero-order valence-electron chi connectivity index (χ0n) is 5.02. The molecule has 0 atom stereocenters. The van der Waals surface area contributed by atoms with Crippen LogP contribution in [0, 0.1) is 0 Å². The van der Waals surface area contributed by atoms with Crippen LogP contribution < -0.4 is 0 Å². The summed E-state index contributed by atoms with van der Waals surface area (Å²) in [5.41, 5.74) is 0. The fourth-order valence-corrected chi connectivity index (χ4v) is 2.00. The van der Waals surface area contributed by atoms with E-state index < -0.39 is 0 Å². The van der Waals surface area contributed by atoms with E-state index in [1.807, 2.05) is 10.8 Å². The molecular weight excluding hydrogens is 164 g/mol. The summed E-state index contributed by atoms with van der Waals surface area (Å²) in [5.74, 6) is 0. The summed E-state index contributed by atoms with van der Waals surface area (Å²) >= 11 is 3.23. The van der Waals surface area contributed by atoms with Crippen molar-refractivity contribution in [3.05, 3.63) is 23.2 Å². The number of hydrogen-bond donors (Lipinski definition) is 0. The maximum atomic E-state index is 4.13. The number of hydrogen-bond acceptors (Lipinski definition) is 4. The van der Waals surface area contributed by atoms with Crippen LogP contribution in [0.2, 0.25) is 0 Å². The first kappa shape index (κ1) is 6.00. The summed E-state index contributed by atoms with van der Waals surface area (Å²) < 4.78 is 0. The van der Waals surface area contributed by atoms with Crippen LogP contribution in [-0.2, 0) is 0 Å². The highest BCUT2D eigenvalue weighted by molar-refractivity contribution is 7.19. The van der Waals surface area contributed by atoms with Gasteiger partial charge in [0.2, 0.25) is 0 Å². The smallest absolute Gasteiger partial charge is 0.152 e. The number of rotatable bonds is 1. The van der Waals surface area contributed by atoms with Crippen molar-refractivity contribution < 1.29 is 0 Å². The van der Waals surface area contributed by atoms with Crippen molar-refractivity contribution in [2.45, 2.75) is 0 Å². The van der Waals surface area contributed by atoms with Crippen LogP contribution in [0.15, 0.2) is 23.2 Å². The highest BCUT2D eigenvalue weighted by atomic mass is 32.1. The summed E-state index contributed by atoms with van der Waals surface area (Å²) in [4.78, 5) is 8.25. The van der Waals surface area contributed by atoms with Crippen LogP contribution in [0.1, 0.15) is 0 Å². The molecule has 0 bridgehead atoms. The normalized spacial score (nSPS) is 10.0. The van der Waals surface area contributed by atoms with Gasteiger partial charge in [-0.1, -0.05) is 0 Å². The Bertz CT molecular complexity index is 253. The lowest BCUT2D eigenvalue weighted by molar-refractivity contribution is 1.36. The minimum atomic E-state index is 1.01. The standard InChI is InChI=1S/C6H4N2S2/c1-3-9-5(7-1)6-8-2-4-10-6/h1-4H. The Kier molecular flexibility index (Phi) is 1.49. The lowest BCUT2D eigenvalue weighted by Crippen LogP contribution is -1.68. The average Bonchev–Trinajstić information content (AvgIpc) is 2.59. The van der Waals surface area contributed by atoms with E-state index in [0.717, 1.165) is 10.0 Å². The second-order valence-corrected chi connectivity index (χ2v) is 3.46. The molecule has 2 aromatic rings. The Labute approximate surface area is 66.2 Å². The molecule has 4 heteroatoms. The number of thiazole rings is 2. The van der Waals surface area contributed by atoms with Crippen LogP contribution >= 0.6 is 22.7 Å². The van der Waals surface area contributed by atoms with Crippen molar-refractivity contribution in [1.82, 2.24) is 9.97 Å². The molecule has 10 heavy (non-hydrogen) atoms. The monoisotopic (exact) mass is 168 g/mol. The lowest BCUT2D eigenvalue weighted by atomic mass is 10.7. The predicted octanol–water partition coefficient (Wildman–Crippen LogP) is 2.27. The highest BCUT2D eigenvalue weighted by Crippen LogP contribution is 2.22. The summed E-state index contributed by atoms with van der Waals surface area (Å²) in [7, 11) is 0. The molecule has 2 nitrogen and oxygen atoms in total. The van der Waals surface area contributed by atoms with Gasteiger partial charge in [-0.3, -0.25) is 0 Å². The van der Waals surface area contributed by atoms with Crippen molar-refractivity contribution in [2.75, 3.05) is 0 Å². The van der Waals surface area contributed by atoms with Gasteiger partial charge in [0.1, 0.15) is 0 Å². The third-order valence-electron chi connectivity index (χ3n) is 1.05. The van der Waals surface area contributed by atoms with Gasteiger partial charge in [0, 0.05) is 23.2 Å². The molecule has 0 aromatic carbocycles. The molecule has 50 valence electrons. The van der Waals surface area contributed by atoms with Gasteiger partial charge in [0.25, 0.3) is 0 Å². The molecule has 0 saturated carbocycles. The van der Waals surface area contributed by atoms with E-state index in [1.165, 1.54) is 0 Å². The van der Waals surface area contributed by atoms with Crippen molar-refractivity contribution >= 4 is 22.7 Å². The van der Waals surface area contributed by atoms with E-state index >= 15 is 0 Å². The van der Waals surface area contributed by atoms with Crippen molar-refractivity contribution in [1.29, 1.82) is 0 Å². The zero-order chi connectivity index (χ0) is 6.81. The molecule has 0 N–H and O–H groups in total. The highest BCUT2D eigenvalue weighted by Gasteiger charge is 2.00. The summed E-state index contributed by atoms with van der Waals surface area (Å²) in [6.45, 7) is 0. The molecule has 0 spiro atoms. The van der Waals surface area contributed by atoms with E-state index in [4.69, 9.17) is 0 Å². The number of aromatic nitrogens is 2. The Morgan fingerprint density at radius 1 is 0.900 bits per heavy atom. The van der Waals surface area contributed by atoms with Crippen LogP contribution in [0.25, 0.3) is 10.0 Å². The van der Waals surface area contributed by atoms with Gasteiger partial charge in [-0.25, -0.2) is 9.97 Å². The zero-order valence-corrected chi connectivity index (χ0v) is 6.65. The molecule has 0 radical (unpaired) electrons. The third-order valence-corrected chi connectivity index (χ3v) is 2.74. The van der Waals surface area contributed by atoms with E-state index in [-0.39, 0.29) is 0 Å². The molecule has 0 fully saturated rings. The van der Waals surface area contributed by atoms with E-state index in [1.54, 1.807) is 35.1 Å². The first-order valence-electron chi connectivity index (χ1n) is 2.76. The molecule has 2 rings (SSSR count). The van der Waals surface area contributed by atoms with E-state index in [0.29, 0.717) is 0 Å². The molecule has 0 aliphatic heterocycles. The first-order valence-corrected chi connectivity index (χ1v) is 4.52. The van der Waals surface area contributed by atoms with Gasteiger partial charge < -0.3 is 0 Å². The van der Waals surface area contributed by atoms with Gasteiger partial charge in [-0.15, -0.1) is 22.7 Å². The molecule has 2 heterocycles. The van der Waals surface area contributed by atoms with Crippen molar-refractivity contribution in [3.8, 4) is 10.0 Å². The summed E-state index contributed by atoms with van der Waals surface area (Å²) in [5, 5.41) is 5.93. The van der Waals surface area contributed by atoms with Gasteiger partial charge in [-0.05, 0) is 0 Å². The molecule has 2 aromatic heterocycles. The van der Waals surface area contributed by atoms with E-state index in [9.17, 15) is 0 Å². The Balaban J connectivity index is 2.48. The molecule has 0 saturated heterocycles.